The molecule has 0 aromatic heterocycles. The molecule has 2 rings (SSSR count). The molecule has 6 heteroatoms. The first kappa shape index (κ1) is 10.8. The molecule has 76 valence electrons. The van der Waals surface area contributed by atoms with Crippen molar-refractivity contribution in [3.8, 4) is 5.75 Å². The lowest BCUT2D eigenvalue weighted by atomic mass is 10.3. The molecule has 0 saturated carbocycles. The zero-order chi connectivity index (χ0) is 10.0. The lowest BCUT2D eigenvalue weighted by Gasteiger charge is -2.14. The van der Waals surface area contributed by atoms with Gasteiger partial charge in [-0.3, -0.25) is 0 Å². The van der Waals surface area contributed by atoms with E-state index in [4.69, 9.17) is 16.3 Å². The van der Waals surface area contributed by atoms with E-state index in [2.05, 4.69) is 0 Å². The monoisotopic (exact) mass is 266 g/mol. The lowest BCUT2D eigenvalue weighted by molar-refractivity contribution is 0.610. The van der Waals surface area contributed by atoms with Crippen molar-refractivity contribution in [3.63, 3.8) is 0 Å². The first-order valence-corrected chi connectivity index (χ1v) is 9.92. The van der Waals surface area contributed by atoms with Crippen LogP contribution >= 0.6 is 27.4 Å². The molecule has 1 nitrogen and oxygen atoms in total. The van der Waals surface area contributed by atoms with E-state index < -0.39 is 4.67 Å². The molecule has 1 aromatic rings. The first-order chi connectivity index (χ1) is 6.68. The van der Waals surface area contributed by atoms with Gasteiger partial charge in [0.15, 0.2) is 0 Å². The fraction of sp³-hybridized carbons (Fsp3) is 0.250. The Balaban J connectivity index is 2.10. The fourth-order valence-electron chi connectivity index (χ4n) is 1.01. The third-order valence-electron chi connectivity index (χ3n) is 1.61. The average Bonchev–Trinajstić information content (AvgIpc) is 2.57. The van der Waals surface area contributed by atoms with E-state index in [1.54, 1.807) is 34.9 Å². The van der Waals surface area contributed by atoms with E-state index in [-0.39, 0.29) is 5.82 Å². The summed E-state index contributed by atoms with van der Waals surface area (Å²) in [6.07, 6.45) is 0. The smallest absolute Gasteiger partial charge is 0.222 e. The van der Waals surface area contributed by atoms with Crippen molar-refractivity contribution in [2.75, 3.05) is 11.5 Å². The Labute approximate surface area is 95.4 Å². The van der Waals surface area contributed by atoms with E-state index in [0.717, 1.165) is 11.5 Å². The predicted molar refractivity (Wildman–Crippen MR) is 66.2 cm³/mol. The summed E-state index contributed by atoms with van der Waals surface area (Å²) >= 11 is 8.84. The van der Waals surface area contributed by atoms with Gasteiger partial charge >= 0.3 is 0 Å². The van der Waals surface area contributed by atoms with E-state index in [0.29, 0.717) is 5.75 Å². The second kappa shape index (κ2) is 4.44. The molecule has 1 saturated heterocycles. The predicted octanol–water partition coefficient (Wildman–Crippen LogP) is 3.91. The number of benzene rings is 1. The fourth-order valence-corrected chi connectivity index (χ4v) is 9.97. The molecular weight excluding hydrogens is 258 g/mol. The van der Waals surface area contributed by atoms with Gasteiger partial charge in [0, 0.05) is 11.5 Å². The highest BCUT2D eigenvalue weighted by atomic mass is 33.2. The lowest BCUT2D eigenvalue weighted by Crippen LogP contribution is -1.83. The Hall–Kier alpha value is 0.300. The topological polar surface area (TPSA) is 9.23 Å². The summed E-state index contributed by atoms with van der Waals surface area (Å²) in [5.74, 6) is 2.55. The summed E-state index contributed by atoms with van der Waals surface area (Å²) < 4.78 is 16.6. The molecule has 0 spiro atoms. The second-order valence-corrected chi connectivity index (χ2v) is 13.3. The van der Waals surface area contributed by atoms with Crippen LogP contribution in [-0.4, -0.2) is 11.5 Å². The Morgan fingerprint density at radius 3 is 2.36 bits per heavy atom. The van der Waals surface area contributed by atoms with Gasteiger partial charge in [0.05, 0.1) is 0 Å². The SMILES string of the molecule is Fc1ccc(OP2(=S)SCCS2)cc1. The summed E-state index contributed by atoms with van der Waals surface area (Å²) in [6, 6.07) is 6.04. The second-order valence-electron chi connectivity index (χ2n) is 2.66. The minimum absolute atomic E-state index is 0.249. The maximum Gasteiger partial charge on any atom is 0.222 e. The standard InChI is InChI=1S/C8H8FOPS3/c9-7-1-3-8(4-2-7)10-11(12)13-5-6-14-11/h1-4H,5-6H2. The number of hydrogen-bond acceptors (Lipinski definition) is 4. The van der Waals surface area contributed by atoms with Gasteiger partial charge in [0.2, 0.25) is 4.67 Å². The minimum Gasteiger partial charge on any atom is -0.448 e. The van der Waals surface area contributed by atoms with Crippen LogP contribution in [0.3, 0.4) is 0 Å². The van der Waals surface area contributed by atoms with Gasteiger partial charge in [-0.2, -0.15) is 0 Å². The zero-order valence-corrected chi connectivity index (χ0v) is 10.5. The molecule has 1 heterocycles. The van der Waals surface area contributed by atoms with E-state index in [1.807, 2.05) is 0 Å². The van der Waals surface area contributed by atoms with E-state index in [1.165, 1.54) is 12.1 Å². The molecule has 14 heavy (non-hydrogen) atoms. The van der Waals surface area contributed by atoms with Crippen LogP contribution in [0.25, 0.3) is 0 Å². The normalized spacial score (nSPS) is 19.5. The molecule has 0 bridgehead atoms. The third kappa shape index (κ3) is 2.66. The Bertz CT molecular complexity index is 357. The minimum atomic E-state index is -1.76. The Morgan fingerprint density at radius 2 is 1.79 bits per heavy atom. The molecule has 0 amide bonds. The maximum atomic E-state index is 12.6. The molecular formula is C8H8FOPS3. The average molecular weight is 266 g/mol. The summed E-state index contributed by atoms with van der Waals surface area (Å²) in [4.78, 5) is 0. The van der Waals surface area contributed by atoms with Gasteiger partial charge < -0.3 is 4.52 Å². The highest BCUT2D eigenvalue weighted by molar-refractivity contribution is 9.00. The molecule has 0 atom stereocenters. The summed E-state index contributed by atoms with van der Waals surface area (Å²) in [6.45, 7) is 0. The van der Waals surface area contributed by atoms with Gasteiger partial charge in [0.1, 0.15) is 11.6 Å². The van der Waals surface area contributed by atoms with Crippen LogP contribution in [0.4, 0.5) is 4.39 Å². The largest absolute Gasteiger partial charge is 0.448 e. The summed E-state index contributed by atoms with van der Waals surface area (Å²) in [5.41, 5.74) is 0. The Kier molecular flexibility index (Phi) is 3.42. The van der Waals surface area contributed by atoms with E-state index >= 15 is 0 Å². The summed E-state index contributed by atoms with van der Waals surface area (Å²) in [5, 5.41) is 0. The van der Waals surface area contributed by atoms with Gasteiger partial charge in [-0.1, -0.05) is 22.8 Å². The van der Waals surface area contributed by atoms with Crippen molar-refractivity contribution in [2.45, 2.75) is 0 Å². The number of halogens is 1. The highest BCUT2D eigenvalue weighted by Crippen LogP contribution is 2.73. The first-order valence-electron chi connectivity index (χ1n) is 4.02. The molecule has 1 aliphatic heterocycles. The highest BCUT2D eigenvalue weighted by Gasteiger charge is 2.26. The van der Waals surface area contributed by atoms with Gasteiger partial charge in [0.25, 0.3) is 0 Å². The van der Waals surface area contributed by atoms with Gasteiger partial charge in [-0.25, -0.2) is 4.39 Å². The Morgan fingerprint density at radius 1 is 1.21 bits per heavy atom. The number of hydrogen-bond donors (Lipinski definition) is 0. The van der Waals surface area contributed by atoms with Crippen LogP contribution in [0.1, 0.15) is 0 Å². The molecule has 1 aromatic carbocycles. The van der Waals surface area contributed by atoms with Crippen LogP contribution in [0, 0.1) is 5.82 Å². The number of rotatable bonds is 2. The van der Waals surface area contributed by atoms with Crippen LogP contribution in [0.15, 0.2) is 24.3 Å². The molecule has 0 unspecified atom stereocenters. The maximum absolute atomic E-state index is 12.6. The zero-order valence-electron chi connectivity index (χ0n) is 7.18. The van der Waals surface area contributed by atoms with Crippen molar-refractivity contribution in [3.05, 3.63) is 30.1 Å². The summed E-state index contributed by atoms with van der Waals surface area (Å²) in [7, 11) is 0. The molecule has 0 N–H and O–H groups in total. The van der Waals surface area contributed by atoms with Crippen molar-refractivity contribution >= 4 is 39.2 Å². The van der Waals surface area contributed by atoms with Crippen molar-refractivity contribution in [2.24, 2.45) is 0 Å². The van der Waals surface area contributed by atoms with E-state index in [9.17, 15) is 4.39 Å². The van der Waals surface area contributed by atoms with Gasteiger partial charge in [-0.05, 0) is 36.1 Å². The molecule has 0 radical (unpaired) electrons. The van der Waals surface area contributed by atoms with Crippen molar-refractivity contribution < 1.29 is 8.91 Å². The van der Waals surface area contributed by atoms with Crippen molar-refractivity contribution in [1.82, 2.24) is 0 Å². The molecule has 0 aliphatic carbocycles. The van der Waals surface area contributed by atoms with Gasteiger partial charge in [-0.15, -0.1) is 0 Å². The molecule has 1 fully saturated rings. The van der Waals surface area contributed by atoms with Crippen LogP contribution in [0.2, 0.25) is 0 Å². The van der Waals surface area contributed by atoms with Crippen LogP contribution < -0.4 is 4.52 Å². The van der Waals surface area contributed by atoms with Crippen LogP contribution in [0.5, 0.6) is 5.75 Å². The van der Waals surface area contributed by atoms with Crippen LogP contribution in [-0.2, 0) is 11.8 Å². The third-order valence-corrected chi connectivity index (χ3v) is 11.2. The molecule has 1 aliphatic rings. The van der Waals surface area contributed by atoms with Crippen molar-refractivity contribution in [1.29, 1.82) is 0 Å². The quantitative estimate of drug-likeness (QED) is 0.750.